The molecule has 1 aromatic rings. The van der Waals surface area contributed by atoms with E-state index >= 15 is 0 Å². The van der Waals surface area contributed by atoms with Crippen molar-refractivity contribution in [1.82, 2.24) is 5.32 Å². The molecule has 0 bridgehead atoms. The summed E-state index contributed by atoms with van der Waals surface area (Å²) in [4.78, 5) is 12.4. The summed E-state index contributed by atoms with van der Waals surface area (Å²) >= 11 is 1.83. The van der Waals surface area contributed by atoms with Crippen molar-refractivity contribution in [2.75, 3.05) is 12.8 Å². The summed E-state index contributed by atoms with van der Waals surface area (Å²) < 4.78 is 0. The number of thioether (sulfide) groups is 1. The molecule has 0 radical (unpaired) electrons. The lowest BCUT2D eigenvalue weighted by Crippen LogP contribution is -2.18. The number of hydrogen-bond acceptors (Lipinski definition) is 3. The minimum absolute atomic E-state index is 0.137. The van der Waals surface area contributed by atoms with Crippen LogP contribution in [0.1, 0.15) is 31.9 Å². The van der Waals surface area contributed by atoms with Gasteiger partial charge in [-0.05, 0) is 37.4 Å². The fraction of sp³-hybridized carbons (Fsp3) is 0.462. The molecule has 0 heterocycles. The maximum atomic E-state index is 11.1. The van der Waals surface area contributed by atoms with Crippen LogP contribution < -0.4 is 5.32 Å². The van der Waals surface area contributed by atoms with Crippen LogP contribution in [-0.2, 0) is 4.79 Å². The Labute approximate surface area is 102 Å². The molecular weight excluding hydrogens is 218 g/mol. The number of benzene rings is 1. The molecule has 2 nitrogen and oxygen atoms in total. The van der Waals surface area contributed by atoms with Gasteiger partial charge in [-0.3, -0.25) is 4.79 Å². The van der Waals surface area contributed by atoms with Crippen molar-refractivity contribution in [3.8, 4) is 0 Å². The van der Waals surface area contributed by atoms with E-state index in [-0.39, 0.29) is 11.8 Å². The highest BCUT2D eigenvalue weighted by molar-refractivity contribution is 7.99. The molecule has 1 N–H and O–H groups in total. The third-order valence-electron chi connectivity index (χ3n) is 2.43. The molecular formula is C13H19NOS. The van der Waals surface area contributed by atoms with Crippen LogP contribution in [0.3, 0.4) is 0 Å². The van der Waals surface area contributed by atoms with Crippen molar-refractivity contribution < 1.29 is 4.79 Å². The Hall–Kier alpha value is -0.800. The van der Waals surface area contributed by atoms with E-state index in [0.29, 0.717) is 6.42 Å². The first-order valence-electron chi connectivity index (χ1n) is 5.56. The highest BCUT2D eigenvalue weighted by atomic mass is 32.2. The van der Waals surface area contributed by atoms with Crippen molar-refractivity contribution in [2.45, 2.75) is 31.2 Å². The van der Waals surface area contributed by atoms with Crippen LogP contribution >= 0.6 is 11.8 Å². The summed E-state index contributed by atoms with van der Waals surface area (Å²) in [5.74, 6) is 1.30. The lowest BCUT2D eigenvalue weighted by Gasteiger charge is -2.15. The minimum atomic E-state index is 0.137. The zero-order valence-corrected chi connectivity index (χ0v) is 10.9. The first-order chi connectivity index (χ1) is 7.67. The quantitative estimate of drug-likeness (QED) is 0.771. The second-order valence-corrected chi connectivity index (χ2v) is 5.09. The maximum Gasteiger partial charge on any atom is 0.131 e. The molecule has 1 rings (SSSR count). The summed E-state index contributed by atoms with van der Waals surface area (Å²) in [7, 11) is 1.89. The Morgan fingerprint density at radius 1 is 1.38 bits per heavy atom. The molecule has 16 heavy (non-hydrogen) atoms. The summed E-state index contributed by atoms with van der Waals surface area (Å²) in [6, 6.07) is 8.57. The molecule has 88 valence electrons. The molecule has 0 amide bonds. The highest BCUT2D eigenvalue weighted by Crippen LogP contribution is 2.22. The van der Waals surface area contributed by atoms with Gasteiger partial charge in [0.25, 0.3) is 0 Å². The Morgan fingerprint density at radius 2 is 2.00 bits per heavy atom. The van der Waals surface area contributed by atoms with Crippen LogP contribution in [0.5, 0.6) is 0 Å². The number of ketones is 1. The van der Waals surface area contributed by atoms with Crippen molar-refractivity contribution in [2.24, 2.45) is 0 Å². The molecule has 0 saturated heterocycles. The number of Topliss-reactive ketones (excluding diaryl/α,β-unsaturated/α-hetero) is 1. The summed E-state index contributed by atoms with van der Waals surface area (Å²) in [5, 5.41) is 3.17. The van der Waals surface area contributed by atoms with E-state index in [1.165, 1.54) is 10.5 Å². The fourth-order valence-electron chi connectivity index (χ4n) is 1.64. The normalized spacial score (nSPS) is 12.4. The average molecular weight is 237 g/mol. The number of rotatable bonds is 6. The second-order valence-electron chi connectivity index (χ2n) is 3.75. The van der Waals surface area contributed by atoms with Crippen molar-refractivity contribution in [1.29, 1.82) is 0 Å². The Balaban J connectivity index is 2.73. The minimum Gasteiger partial charge on any atom is -0.313 e. The summed E-state index contributed by atoms with van der Waals surface area (Å²) in [6.07, 6.45) is 0.552. The molecule has 0 saturated carbocycles. The Kier molecular flexibility index (Phi) is 5.56. The van der Waals surface area contributed by atoms with E-state index in [1.54, 1.807) is 6.92 Å². The van der Waals surface area contributed by atoms with Crippen molar-refractivity contribution >= 4 is 17.5 Å². The van der Waals surface area contributed by atoms with Gasteiger partial charge < -0.3 is 5.32 Å². The van der Waals surface area contributed by atoms with Gasteiger partial charge in [-0.2, -0.15) is 0 Å². The third kappa shape index (κ3) is 3.99. The predicted octanol–water partition coefficient (Wildman–Crippen LogP) is 3.04. The molecule has 1 aromatic carbocycles. The molecule has 0 aliphatic heterocycles. The smallest absolute Gasteiger partial charge is 0.131 e. The van der Waals surface area contributed by atoms with Gasteiger partial charge >= 0.3 is 0 Å². The number of carbonyl (C=O) groups excluding carboxylic acids is 1. The standard InChI is InChI=1S/C13H19NOS/c1-4-16-12-7-5-11(6-8-12)13(14-3)9-10(2)15/h5-8,13-14H,4,9H2,1-3H3. The van der Waals surface area contributed by atoms with Crippen molar-refractivity contribution in [3.05, 3.63) is 29.8 Å². The van der Waals surface area contributed by atoms with Crippen LogP contribution in [0.4, 0.5) is 0 Å². The Bertz CT molecular complexity index is 334. The van der Waals surface area contributed by atoms with E-state index in [9.17, 15) is 4.79 Å². The highest BCUT2D eigenvalue weighted by Gasteiger charge is 2.11. The number of carbonyl (C=O) groups is 1. The monoisotopic (exact) mass is 237 g/mol. The topological polar surface area (TPSA) is 29.1 Å². The first-order valence-corrected chi connectivity index (χ1v) is 6.55. The molecule has 3 heteroatoms. The summed E-state index contributed by atoms with van der Waals surface area (Å²) in [5.41, 5.74) is 1.18. The van der Waals surface area contributed by atoms with E-state index in [2.05, 4.69) is 36.5 Å². The number of hydrogen-bond donors (Lipinski definition) is 1. The largest absolute Gasteiger partial charge is 0.313 e. The molecule has 1 atom stereocenters. The summed E-state index contributed by atoms with van der Waals surface area (Å²) in [6.45, 7) is 3.77. The van der Waals surface area contributed by atoms with E-state index in [1.807, 2.05) is 18.8 Å². The lowest BCUT2D eigenvalue weighted by atomic mass is 10.0. The molecule has 0 spiro atoms. The van der Waals surface area contributed by atoms with Gasteiger partial charge in [0.15, 0.2) is 0 Å². The molecule has 1 unspecified atom stereocenters. The van der Waals surface area contributed by atoms with Gasteiger partial charge in [-0.25, -0.2) is 0 Å². The van der Waals surface area contributed by atoms with E-state index < -0.39 is 0 Å². The van der Waals surface area contributed by atoms with Crippen LogP contribution in [0.15, 0.2) is 29.2 Å². The van der Waals surface area contributed by atoms with E-state index in [4.69, 9.17) is 0 Å². The SMILES string of the molecule is CCSc1ccc(C(CC(C)=O)NC)cc1. The van der Waals surface area contributed by atoms with Crippen LogP contribution in [0.25, 0.3) is 0 Å². The van der Waals surface area contributed by atoms with Crippen LogP contribution in [0, 0.1) is 0 Å². The van der Waals surface area contributed by atoms with Gasteiger partial charge in [0, 0.05) is 17.4 Å². The zero-order chi connectivity index (χ0) is 12.0. The van der Waals surface area contributed by atoms with Gasteiger partial charge in [0.1, 0.15) is 5.78 Å². The average Bonchev–Trinajstić information content (AvgIpc) is 2.27. The van der Waals surface area contributed by atoms with E-state index in [0.717, 1.165) is 5.75 Å². The van der Waals surface area contributed by atoms with Gasteiger partial charge in [0.05, 0.1) is 0 Å². The second kappa shape index (κ2) is 6.71. The van der Waals surface area contributed by atoms with Gasteiger partial charge in [0.2, 0.25) is 0 Å². The zero-order valence-electron chi connectivity index (χ0n) is 10.1. The van der Waals surface area contributed by atoms with Crippen molar-refractivity contribution in [3.63, 3.8) is 0 Å². The maximum absolute atomic E-state index is 11.1. The predicted molar refractivity (Wildman–Crippen MR) is 69.9 cm³/mol. The molecule has 0 aliphatic carbocycles. The molecule has 0 aliphatic rings. The number of nitrogens with one attached hydrogen (secondary N) is 1. The third-order valence-corrected chi connectivity index (χ3v) is 3.33. The lowest BCUT2D eigenvalue weighted by molar-refractivity contribution is -0.117. The fourth-order valence-corrected chi connectivity index (χ4v) is 2.30. The van der Waals surface area contributed by atoms with Gasteiger partial charge in [-0.1, -0.05) is 19.1 Å². The van der Waals surface area contributed by atoms with Crippen LogP contribution in [-0.4, -0.2) is 18.6 Å². The first kappa shape index (κ1) is 13.3. The molecule has 0 aromatic heterocycles. The van der Waals surface area contributed by atoms with Crippen LogP contribution in [0.2, 0.25) is 0 Å². The molecule has 0 fully saturated rings. The Morgan fingerprint density at radius 3 is 2.44 bits per heavy atom. The van der Waals surface area contributed by atoms with Gasteiger partial charge in [-0.15, -0.1) is 11.8 Å².